The van der Waals surface area contributed by atoms with Crippen LogP contribution in [-0.4, -0.2) is 27.3 Å². The standard InChI is InChI=1S/C14H12N4O/c1-19-11-6-4-5-10(9-11)13-16-14(18-17-13)12-7-2-3-8-15-12/h2-9H,1H3,(H,16,17,18). The van der Waals surface area contributed by atoms with Gasteiger partial charge in [-0.15, -0.1) is 0 Å². The van der Waals surface area contributed by atoms with Gasteiger partial charge in [-0.1, -0.05) is 18.2 Å². The van der Waals surface area contributed by atoms with Crippen molar-refractivity contribution in [2.75, 3.05) is 7.11 Å². The Labute approximate surface area is 110 Å². The van der Waals surface area contributed by atoms with Crippen LogP contribution in [-0.2, 0) is 0 Å². The molecule has 1 N–H and O–H groups in total. The highest BCUT2D eigenvalue weighted by Gasteiger charge is 2.08. The van der Waals surface area contributed by atoms with Gasteiger partial charge in [0.1, 0.15) is 11.4 Å². The molecule has 2 heterocycles. The molecule has 0 spiro atoms. The van der Waals surface area contributed by atoms with Crippen LogP contribution in [0, 0.1) is 0 Å². The predicted molar refractivity (Wildman–Crippen MR) is 71.6 cm³/mol. The second-order valence-electron chi connectivity index (χ2n) is 3.95. The van der Waals surface area contributed by atoms with Crippen molar-refractivity contribution in [2.24, 2.45) is 0 Å². The molecule has 0 unspecified atom stereocenters. The first-order chi connectivity index (χ1) is 9.36. The zero-order valence-corrected chi connectivity index (χ0v) is 10.4. The molecule has 5 nitrogen and oxygen atoms in total. The number of aromatic amines is 1. The molecule has 0 saturated carbocycles. The van der Waals surface area contributed by atoms with Crippen molar-refractivity contribution in [2.45, 2.75) is 0 Å². The summed E-state index contributed by atoms with van der Waals surface area (Å²) in [6.45, 7) is 0. The Morgan fingerprint density at radius 1 is 1.11 bits per heavy atom. The molecule has 0 fully saturated rings. The summed E-state index contributed by atoms with van der Waals surface area (Å²) in [5, 5.41) is 7.09. The van der Waals surface area contributed by atoms with E-state index in [4.69, 9.17) is 4.74 Å². The minimum atomic E-state index is 0.582. The summed E-state index contributed by atoms with van der Waals surface area (Å²) in [4.78, 5) is 8.66. The minimum Gasteiger partial charge on any atom is -0.497 e. The first kappa shape index (κ1) is 11.4. The number of hydrogen-bond donors (Lipinski definition) is 1. The van der Waals surface area contributed by atoms with Crippen molar-refractivity contribution < 1.29 is 4.74 Å². The second kappa shape index (κ2) is 4.89. The number of nitrogens with one attached hydrogen (secondary N) is 1. The highest BCUT2D eigenvalue weighted by Crippen LogP contribution is 2.22. The van der Waals surface area contributed by atoms with Crippen LogP contribution in [0.4, 0.5) is 0 Å². The van der Waals surface area contributed by atoms with Crippen molar-refractivity contribution in [3.05, 3.63) is 48.7 Å². The Balaban J connectivity index is 1.97. The third-order valence-corrected chi connectivity index (χ3v) is 2.72. The van der Waals surface area contributed by atoms with Crippen LogP contribution in [0.2, 0.25) is 0 Å². The van der Waals surface area contributed by atoms with E-state index in [1.165, 1.54) is 0 Å². The summed E-state index contributed by atoms with van der Waals surface area (Å²) in [6, 6.07) is 13.3. The van der Waals surface area contributed by atoms with Gasteiger partial charge < -0.3 is 4.74 Å². The molecular weight excluding hydrogens is 240 g/mol. The van der Waals surface area contributed by atoms with Crippen LogP contribution in [0.25, 0.3) is 22.9 Å². The lowest BCUT2D eigenvalue weighted by atomic mass is 10.2. The Morgan fingerprint density at radius 2 is 2.05 bits per heavy atom. The van der Waals surface area contributed by atoms with Crippen molar-refractivity contribution in [1.82, 2.24) is 20.2 Å². The zero-order chi connectivity index (χ0) is 13.1. The summed E-state index contributed by atoms with van der Waals surface area (Å²) < 4.78 is 5.19. The fourth-order valence-corrected chi connectivity index (χ4v) is 1.77. The van der Waals surface area contributed by atoms with Gasteiger partial charge in [0.15, 0.2) is 11.6 Å². The van der Waals surface area contributed by atoms with E-state index in [9.17, 15) is 0 Å². The van der Waals surface area contributed by atoms with Crippen molar-refractivity contribution in [3.63, 3.8) is 0 Å². The van der Waals surface area contributed by atoms with Gasteiger partial charge in [0, 0.05) is 11.8 Å². The van der Waals surface area contributed by atoms with Gasteiger partial charge in [-0.25, -0.2) is 4.98 Å². The summed E-state index contributed by atoms with van der Waals surface area (Å²) in [5.41, 5.74) is 1.67. The highest BCUT2D eigenvalue weighted by molar-refractivity contribution is 5.60. The molecule has 5 heteroatoms. The van der Waals surface area contributed by atoms with Crippen LogP contribution in [0.15, 0.2) is 48.7 Å². The number of rotatable bonds is 3. The van der Waals surface area contributed by atoms with Crippen LogP contribution in [0.5, 0.6) is 5.75 Å². The number of pyridine rings is 1. The molecule has 0 aliphatic heterocycles. The van der Waals surface area contributed by atoms with Gasteiger partial charge in [0.05, 0.1) is 7.11 Å². The molecular formula is C14H12N4O. The average molecular weight is 252 g/mol. The smallest absolute Gasteiger partial charge is 0.200 e. The van der Waals surface area contributed by atoms with Gasteiger partial charge in [-0.3, -0.25) is 10.1 Å². The lowest BCUT2D eigenvalue weighted by Crippen LogP contribution is -1.85. The lowest BCUT2D eigenvalue weighted by Gasteiger charge is -2.00. The highest BCUT2D eigenvalue weighted by atomic mass is 16.5. The molecule has 0 saturated heterocycles. The van der Waals surface area contributed by atoms with E-state index in [1.807, 2.05) is 42.5 Å². The van der Waals surface area contributed by atoms with Crippen LogP contribution in [0.3, 0.4) is 0 Å². The molecule has 94 valence electrons. The van der Waals surface area contributed by atoms with E-state index < -0.39 is 0 Å². The molecule has 0 bridgehead atoms. The molecule has 19 heavy (non-hydrogen) atoms. The summed E-state index contributed by atoms with van der Waals surface area (Å²) in [5.74, 6) is 2.06. The van der Waals surface area contributed by atoms with Gasteiger partial charge in [-0.2, -0.15) is 5.10 Å². The molecule has 3 aromatic rings. The maximum absolute atomic E-state index is 5.19. The van der Waals surface area contributed by atoms with Crippen molar-refractivity contribution >= 4 is 0 Å². The van der Waals surface area contributed by atoms with Crippen LogP contribution < -0.4 is 4.74 Å². The van der Waals surface area contributed by atoms with Gasteiger partial charge >= 0.3 is 0 Å². The van der Waals surface area contributed by atoms with Crippen LogP contribution in [0.1, 0.15) is 0 Å². The summed E-state index contributed by atoms with van der Waals surface area (Å²) in [6.07, 6.45) is 1.72. The first-order valence-corrected chi connectivity index (χ1v) is 5.85. The largest absolute Gasteiger partial charge is 0.497 e. The molecule has 1 aromatic carbocycles. The second-order valence-corrected chi connectivity index (χ2v) is 3.95. The normalized spacial score (nSPS) is 10.4. The third kappa shape index (κ3) is 2.30. The molecule has 2 aromatic heterocycles. The molecule has 0 atom stereocenters. The molecule has 3 rings (SSSR count). The fourth-order valence-electron chi connectivity index (χ4n) is 1.77. The summed E-state index contributed by atoms with van der Waals surface area (Å²) in [7, 11) is 1.64. The quantitative estimate of drug-likeness (QED) is 0.778. The Hall–Kier alpha value is -2.69. The van der Waals surface area contributed by atoms with Crippen molar-refractivity contribution in [3.8, 4) is 28.7 Å². The number of nitrogens with zero attached hydrogens (tertiary/aromatic N) is 3. The Morgan fingerprint density at radius 3 is 2.84 bits per heavy atom. The monoisotopic (exact) mass is 252 g/mol. The average Bonchev–Trinajstić information content (AvgIpc) is 2.98. The van der Waals surface area contributed by atoms with Gasteiger partial charge in [0.2, 0.25) is 0 Å². The number of H-pyrrole nitrogens is 1. The molecule has 0 aliphatic carbocycles. The number of benzene rings is 1. The Kier molecular flexibility index (Phi) is 2.94. The first-order valence-electron chi connectivity index (χ1n) is 5.85. The van der Waals surface area contributed by atoms with E-state index in [-0.39, 0.29) is 0 Å². The molecule has 0 radical (unpaired) electrons. The predicted octanol–water partition coefficient (Wildman–Crippen LogP) is 2.54. The zero-order valence-electron chi connectivity index (χ0n) is 10.4. The minimum absolute atomic E-state index is 0.582. The number of ether oxygens (including phenoxy) is 1. The van der Waals surface area contributed by atoms with E-state index in [2.05, 4.69) is 20.2 Å². The molecule has 0 aliphatic rings. The number of hydrogen-bond acceptors (Lipinski definition) is 4. The Bertz CT molecular complexity index is 679. The number of methoxy groups -OCH3 is 1. The third-order valence-electron chi connectivity index (χ3n) is 2.72. The van der Waals surface area contributed by atoms with Gasteiger partial charge in [0.25, 0.3) is 0 Å². The van der Waals surface area contributed by atoms with E-state index >= 15 is 0 Å². The SMILES string of the molecule is COc1cccc(-c2nc(-c3ccccn3)n[nH]2)c1. The van der Waals surface area contributed by atoms with E-state index in [0.717, 1.165) is 17.0 Å². The number of aromatic nitrogens is 4. The maximum atomic E-state index is 5.19. The fraction of sp³-hybridized carbons (Fsp3) is 0.0714. The topological polar surface area (TPSA) is 63.7 Å². The molecule has 0 amide bonds. The van der Waals surface area contributed by atoms with E-state index in [0.29, 0.717) is 11.6 Å². The van der Waals surface area contributed by atoms with Crippen molar-refractivity contribution in [1.29, 1.82) is 0 Å². The maximum Gasteiger partial charge on any atom is 0.200 e. The van der Waals surface area contributed by atoms with E-state index in [1.54, 1.807) is 13.3 Å². The van der Waals surface area contributed by atoms with Gasteiger partial charge in [-0.05, 0) is 24.3 Å². The summed E-state index contributed by atoms with van der Waals surface area (Å²) >= 11 is 0. The van der Waals surface area contributed by atoms with Crippen LogP contribution >= 0.6 is 0 Å². The lowest BCUT2D eigenvalue weighted by molar-refractivity contribution is 0.415.